The molecule has 0 aliphatic carbocycles. The van der Waals surface area contributed by atoms with Gasteiger partial charge in [0.25, 0.3) is 11.8 Å². The molecule has 0 atom stereocenters. The van der Waals surface area contributed by atoms with Crippen LogP contribution in [0, 0.1) is 0 Å². The highest BCUT2D eigenvalue weighted by atomic mass is 35.5. The molecule has 0 aliphatic heterocycles. The number of halogens is 2. The molecular weight excluding hydrogens is 335 g/mol. The number of rotatable bonds is 5. The molecule has 0 aliphatic rings. The largest absolute Gasteiger partial charge is 0.352 e. The fourth-order valence-electron chi connectivity index (χ4n) is 1.95. The summed E-state index contributed by atoms with van der Waals surface area (Å²) in [7, 11) is 0. The minimum Gasteiger partial charge on any atom is -0.352 e. The van der Waals surface area contributed by atoms with Crippen LogP contribution in [-0.2, 0) is 0 Å². The fourth-order valence-corrected chi connectivity index (χ4v) is 2.44. The van der Waals surface area contributed by atoms with Gasteiger partial charge in [0.2, 0.25) is 0 Å². The van der Waals surface area contributed by atoms with Gasteiger partial charge in [-0.15, -0.1) is 0 Å². The highest BCUT2D eigenvalue weighted by Crippen LogP contribution is 2.30. The minimum atomic E-state index is -0.384. The van der Waals surface area contributed by atoms with Gasteiger partial charge in [0.1, 0.15) is 0 Å². The van der Waals surface area contributed by atoms with Crippen molar-refractivity contribution in [2.75, 3.05) is 11.9 Å². The second kappa shape index (κ2) is 7.99. The van der Waals surface area contributed by atoms with E-state index < -0.39 is 0 Å². The molecule has 2 rings (SSSR count). The molecule has 120 valence electrons. The number of carbonyl (C=O) groups excluding carboxylic acids is 2. The number of carbonyl (C=O) groups is 2. The molecule has 0 radical (unpaired) electrons. The zero-order chi connectivity index (χ0) is 16.8. The number of benzene rings is 2. The predicted molar refractivity (Wildman–Crippen MR) is 93.5 cm³/mol. The van der Waals surface area contributed by atoms with Gasteiger partial charge in [0.05, 0.1) is 15.7 Å². The van der Waals surface area contributed by atoms with E-state index in [-0.39, 0.29) is 11.8 Å². The standard InChI is InChI=1S/C17H16Cl2N2O2/c1-2-9-20-16(22)11-5-3-6-12(10-11)17(23)21-15-13(18)7-4-8-14(15)19/h3-8,10H,2,9H2,1H3,(H,20,22)(H,21,23). The summed E-state index contributed by atoms with van der Waals surface area (Å²) in [6, 6.07) is 11.4. The van der Waals surface area contributed by atoms with Crippen molar-refractivity contribution >= 4 is 40.7 Å². The zero-order valence-corrected chi connectivity index (χ0v) is 14.0. The summed E-state index contributed by atoms with van der Waals surface area (Å²) in [5, 5.41) is 6.14. The first-order chi connectivity index (χ1) is 11.0. The van der Waals surface area contributed by atoms with E-state index in [1.807, 2.05) is 6.92 Å². The average molecular weight is 351 g/mol. The number of nitrogens with one attached hydrogen (secondary N) is 2. The van der Waals surface area contributed by atoms with Crippen LogP contribution in [0.3, 0.4) is 0 Å². The summed E-state index contributed by atoms with van der Waals surface area (Å²) in [5.74, 6) is -0.595. The van der Waals surface area contributed by atoms with E-state index in [0.29, 0.717) is 33.4 Å². The Morgan fingerprint density at radius 1 is 0.957 bits per heavy atom. The van der Waals surface area contributed by atoms with Crippen LogP contribution in [0.15, 0.2) is 42.5 Å². The Balaban J connectivity index is 2.18. The molecule has 0 heterocycles. The molecule has 0 fully saturated rings. The van der Waals surface area contributed by atoms with Gasteiger partial charge in [-0.1, -0.05) is 42.3 Å². The topological polar surface area (TPSA) is 58.2 Å². The molecule has 0 bridgehead atoms. The Hall–Kier alpha value is -2.04. The molecule has 0 aromatic heterocycles. The van der Waals surface area contributed by atoms with Crippen molar-refractivity contribution in [3.8, 4) is 0 Å². The first-order valence-corrected chi connectivity index (χ1v) is 7.92. The number of hydrogen-bond acceptors (Lipinski definition) is 2. The highest BCUT2D eigenvalue weighted by Gasteiger charge is 2.13. The summed E-state index contributed by atoms with van der Waals surface area (Å²) in [6.07, 6.45) is 0.844. The van der Waals surface area contributed by atoms with Crippen molar-refractivity contribution in [3.63, 3.8) is 0 Å². The van der Waals surface area contributed by atoms with Gasteiger partial charge in [-0.2, -0.15) is 0 Å². The Kier molecular flexibility index (Phi) is 6.02. The molecule has 2 N–H and O–H groups in total. The second-order valence-electron chi connectivity index (χ2n) is 4.89. The average Bonchev–Trinajstić information content (AvgIpc) is 2.56. The fraction of sp³-hybridized carbons (Fsp3) is 0.176. The Morgan fingerprint density at radius 2 is 1.52 bits per heavy atom. The third-order valence-electron chi connectivity index (χ3n) is 3.12. The molecule has 4 nitrogen and oxygen atoms in total. The summed E-state index contributed by atoms with van der Waals surface area (Å²) in [6.45, 7) is 2.56. The lowest BCUT2D eigenvalue weighted by molar-refractivity contribution is 0.0953. The first-order valence-electron chi connectivity index (χ1n) is 7.16. The molecular formula is C17H16Cl2N2O2. The minimum absolute atomic E-state index is 0.211. The van der Waals surface area contributed by atoms with Crippen LogP contribution in [0.25, 0.3) is 0 Å². The van der Waals surface area contributed by atoms with Crippen LogP contribution in [0.2, 0.25) is 10.0 Å². The van der Waals surface area contributed by atoms with Crippen molar-refractivity contribution in [2.24, 2.45) is 0 Å². The van der Waals surface area contributed by atoms with E-state index in [1.165, 1.54) is 6.07 Å². The second-order valence-corrected chi connectivity index (χ2v) is 5.70. The molecule has 2 aromatic rings. The molecule has 23 heavy (non-hydrogen) atoms. The maximum absolute atomic E-state index is 12.3. The van der Waals surface area contributed by atoms with E-state index in [0.717, 1.165) is 6.42 Å². The van der Waals surface area contributed by atoms with Gasteiger partial charge in [0, 0.05) is 17.7 Å². The van der Waals surface area contributed by atoms with E-state index in [1.54, 1.807) is 36.4 Å². The maximum Gasteiger partial charge on any atom is 0.255 e. The van der Waals surface area contributed by atoms with Gasteiger partial charge >= 0.3 is 0 Å². The van der Waals surface area contributed by atoms with Crippen LogP contribution in [0.1, 0.15) is 34.1 Å². The lowest BCUT2D eigenvalue weighted by atomic mass is 10.1. The Labute approximate surface area is 144 Å². The first kappa shape index (κ1) is 17.3. The number of hydrogen-bond donors (Lipinski definition) is 2. The van der Waals surface area contributed by atoms with Crippen LogP contribution < -0.4 is 10.6 Å². The van der Waals surface area contributed by atoms with E-state index in [9.17, 15) is 9.59 Å². The third kappa shape index (κ3) is 4.47. The van der Waals surface area contributed by atoms with Crippen molar-refractivity contribution < 1.29 is 9.59 Å². The van der Waals surface area contributed by atoms with Crippen molar-refractivity contribution in [3.05, 3.63) is 63.6 Å². The number of anilines is 1. The Morgan fingerprint density at radius 3 is 2.13 bits per heavy atom. The highest BCUT2D eigenvalue weighted by molar-refractivity contribution is 6.40. The summed E-state index contributed by atoms with van der Waals surface area (Å²) >= 11 is 12.1. The molecule has 6 heteroatoms. The quantitative estimate of drug-likeness (QED) is 0.840. The van der Waals surface area contributed by atoms with Crippen molar-refractivity contribution in [1.29, 1.82) is 0 Å². The van der Waals surface area contributed by atoms with Gasteiger partial charge in [-0.25, -0.2) is 0 Å². The molecule has 0 spiro atoms. The van der Waals surface area contributed by atoms with Gasteiger partial charge in [-0.05, 0) is 36.8 Å². The molecule has 0 unspecified atom stereocenters. The van der Waals surface area contributed by atoms with Gasteiger partial charge in [-0.3, -0.25) is 9.59 Å². The lowest BCUT2D eigenvalue weighted by Gasteiger charge is -2.10. The Bertz CT molecular complexity index is 712. The van der Waals surface area contributed by atoms with Crippen LogP contribution in [0.5, 0.6) is 0 Å². The normalized spacial score (nSPS) is 10.2. The van der Waals surface area contributed by atoms with Crippen LogP contribution >= 0.6 is 23.2 Å². The zero-order valence-electron chi connectivity index (χ0n) is 12.5. The summed E-state index contributed by atoms with van der Waals surface area (Å²) < 4.78 is 0. The predicted octanol–water partition coefficient (Wildman–Crippen LogP) is 4.39. The molecule has 0 saturated heterocycles. The van der Waals surface area contributed by atoms with E-state index >= 15 is 0 Å². The molecule has 2 amide bonds. The SMILES string of the molecule is CCCNC(=O)c1cccc(C(=O)Nc2c(Cl)cccc2Cl)c1. The van der Waals surface area contributed by atoms with Crippen LogP contribution in [0.4, 0.5) is 5.69 Å². The summed E-state index contributed by atoms with van der Waals surface area (Å²) in [5.41, 5.74) is 1.13. The van der Waals surface area contributed by atoms with Crippen molar-refractivity contribution in [1.82, 2.24) is 5.32 Å². The number of amides is 2. The smallest absolute Gasteiger partial charge is 0.255 e. The maximum atomic E-state index is 12.3. The van der Waals surface area contributed by atoms with Gasteiger partial charge in [0.15, 0.2) is 0 Å². The van der Waals surface area contributed by atoms with Crippen molar-refractivity contribution in [2.45, 2.75) is 13.3 Å². The lowest BCUT2D eigenvalue weighted by Crippen LogP contribution is -2.24. The van der Waals surface area contributed by atoms with E-state index in [4.69, 9.17) is 23.2 Å². The van der Waals surface area contributed by atoms with Crippen LogP contribution in [-0.4, -0.2) is 18.4 Å². The molecule has 2 aromatic carbocycles. The molecule has 0 saturated carbocycles. The monoisotopic (exact) mass is 350 g/mol. The van der Waals surface area contributed by atoms with Gasteiger partial charge < -0.3 is 10.6 Å². The number of para-hydroxylation sites is 1. The van der Waals surface area contributed by atoms with E-state index in [2.05, 4.69) is 10.6 Å². The summed E-state index contributed by atoms with van der Waals surface area (Å²) in [4.78, 5) is 24.3. The third-order valence-corrected chi connectivity index (χ3v) is 3.75.